The highest BCUT2D eigenvalue weighted by Crippen LogP contribution is 2.26. The van der Waals surface area contributed by atoms with E-state index in [-0.39, 0.29) is 21.4 Å². The summed E-state index contributed by atoms with van der Waals surface area (Å²) in [5.74, 6) is -0.0418. The summed E-state index contributed by atoms with van der Waals surface area (Å²) in [7, 11) is -3.92. The molecule has 0 saturated carbocycles. The van der Waals surface area contributed by atoms with E-state index in [1.165, 1.54) is 18.2 Å². The predicted molar refractivity (Wildman–Crippen MR) is 101 cm³/mol. The second-order valence-electron chi connectivity index (χ2n) is 6.17. The van der Waals surface area contributed by atoms with Crippen LogP contribution in [-0.2, 0) is 10.0 Å². The molecule has 0 fully saturated rings. The van der Waals surface area contributed by atoms with Crippen LogP contribution in [-0.4, -0.2) is 20.9 Å². The zero-order valence-corrected chi connectivity index (χ0v) is 15.9. The Bertz CT molecular complexity index is 880. The highest BCUT2D eigenvalue weighted by Gasteiger charge is 2.21. The highest BCUT2D eigenvalue weighted by atomic mass is 35.5. The van der Waals surface area contributed by atoms with Crippen LogP contribution in [0.3, 0.4) is 0 Å². The number of hydrogen-bond donors (Lipinski definition) is 2. The molecule has 2 rings (SSSR count). The topological polar surface area (TPSA) is 75.3 Å². The summed E-state index contributed by atoms with van der Waals surface area (Å²) in [6.45, 7) is 6.26. The van der Waals surface area contributed by atoms with Gasteiger partial charge in [-0.3, -0.25) is 9.52 Å². The van der Waals surface area contributed by atoms with Gasteiger partial charge in [0.15, 0.2) is 0 Å². The molecule has 2 aromatic rings. The Labute approximate surface area is 153 Å². The van der Waals surface area contributed by atoms with Crippen LogP contribution in [0.1, 0.15) is 29.8 Å². The van der Waals surface area contributed by atoms with Crippen molar-refractivity contribution in [3.63, 3.8) is 0 Å². The number of sulfonamides is 1. The van der Waals surface area contributed by atoms with Crippen LogP contribution in [0.25, 0.3) is 0 Å². The summed E-state index contributed by atoms with van der Waals surface area (Å²) in [6, 6.07) is 11.2. The Morgan fingerprint density at radius 3 is 2.48 bits per heavy atom. The third kappa shape index (κ3) is 4.96. The normalized spacial score (nSPS) is 11.4. The van der Waals surface area contributed by atoms with Crippen LogP contribution >= 0.6 is 11.6 Å². The van der Waals surface area contributed by atoms with Crippen LogP contribution in [0.2, 0.25) is 5.02 Å². The summed E-state index contributed by atoms with van der Waals surface area (Å²) >= 11 is 6.07. The number of rotatable bonds is 6. The highest BCUT2D eigenvalue weighted by molar-refractivity contribution is 7.92. The lowest BCUT2D eigenvalue weighted by molar-refractivity contribution is 0.0949. The van der Waals surface area contributed by atoms with E-state index < -0.39 is 10.0 Å². The van der Waals surface area contributed by atoms with Crippen molar-refractivity contribution in [3.8, 4) is 0 Å². The van der Waals surface area contributed by atoms with E-state index in [1.54, 1.807) is 25.1 Å². The maximum absolute atomic E-state index is 12.7. The number of aryl methyl sites for hydroxylation is 1. The quantitative estimate of drug-likeness (QED) is 0.799. The van der Waals surface area contributed by atoms with Gasteiger partial charge in [-0.1, -0.05) is 43.6 Å². The molecule has 0 heterocycles. The summed E-state index contributed by atoms with van der Waals surface area (Å²) in [6.07, 6.45) is 0. The molecule has 5 nitrogen and oxygen atoms in total. The molecular formula is C18H21ClN2O3S. The van der Waals surface area contributed by atoms with Crippen molar-refractivity contribution >= 4 is 33.2 Å². The van der Waals surface area contributed by atoms with E-state index in [0.29, 0.717) is 18.2 Å². The predicted octanol–water partition coefficient (Wildman–Crippen LogP) is 3.84. The van der Waals surface area contributed by atoms with E-state index in [9.17, 15) is 13.2 Å². The molecule has 0 radical (unpaired) electrons. The summed E-state index contributed by atoms with van der Waals surface area (Å²) in [5, 5.41) is 2.82. The average molecular weight is 381 g/mol. The largest absolute Gasteiger partial charge is 0.352 e. The minimum absolute atomic E-state index is 0.0569. The van der Waals surface area contributed by atoms with Crippen LogP contribution in [0.15, 0.2) is 47.4 Å². The number of benzene rings is 2. The zero-order valence-electron chi connectivity index (χ0n) is 14.3. The van der Waals surface area contributed by atoms with Gasteiger partial charge in [-0.25, -0.2) is 8.42 Å². The second-order valence-corrected chi connectivity index (χ2v) is 8.23. The maximum atomic E-state index is 12.7. The first-order valence-corrected chi connectivity index (χ1v) is 9.73. The van der Waals surface area contributed by atoms with Gasteiger partial charge in [-0.15, -0.1) is 0 Å². The number of amides is 1. The van der Waals surface area contributed by atoms with Crippen molar-refractivity contribution in [1.29, 1.82) is 0 Å². The summed E-state index contributed by atoms with van der Waals surface area (Å²) < 4.78 is 27.9. The summed E-state index contributed by atoms with van der Waals surface area (Å²) in [5.41, 5.74) is 1.50. The number of para-hydroxylation sites is 1. The molecule has 2 aromatic carbocycles. The fourth-order valence-electron chi connectivity index (χ4n) is 2.14. The van der Waals surface area contributed by atoms with Gasteiger partial charge in [-0.05, 0) is 42.7 Å². The lowest BCUT2D eigenvalue weighted by Crippen LogP contribution is -2.27. The first-order chi connectivity index (χ1) is 11.7. The second kappa shape index (κ2) is 7.89. The average Bonchev–Trinajstić information content (AvgIpc) is 2.54. The van der Waals surface area contributed by atoms with Gasteiger partial charge >= 0.3 is 0 Å². The van der Waals surface area contributed by atoms with Crippen LogP contribution in [0, 0.1) is 12.8 Å². The lowest BCUT2D eigenvalue weighted by Gasteiger charge is -2.13. The van der Waals surface area contributed by atoms with E-state index >= 15 is 0 Å². The molecule has 0 spiro atoms. The zero-order chi connectivity index (χ0) is 18.6. The number of carbonyl (C=O) groups is 1. The fourth-order valence-corrected chi connectivity index (χ4v) is 3.79. The first kappa shape index (κ1) is 19.3. The minimum Gasteiger partial charge on any atom is -0.352 e. The Balaban J connectivity index is 2.33. The standard InChI is InChI=1S/C18H21ClN2O3S/c1-12(2)11-20-18(22)14-8-9-15(19)17(10-14)25(23,24)21-16-7-5-4-6-13(16)3/h4-10,12,21H,11H2,1-3H3,(H,20,22). The molecule has 0 atom stereocenters. The summed E-state index contributed by atoms with van der Waals surface area (Å²) in [4.78, 5) is 12.1. The molecule has 0 aliphatic carbocycles. The fraction of sp³-hybridized carbons (Fsp3) is 0.278. The van der Waals surface area contributed by atoms with Gasteiger partial charge in [0.05, 0.1) is 10.7 Å². The third-order valence-corrected chi connectivity index (χ3v) is 5.39. The number of carbonyl (C=O) groups excluding carboxylic acids is 1. The van der Waals surface area contributed by atoms with Crippen molar-refractivity contribution in [3.05, 3.63) is 58.6 Å². The Morgan fingerprint density at radius 1 is 1.16 bits per heavy atom. The Hall–Kier alpha value is -2.05. The van der Waals surface area contributed by atoms with Crippen molar-refractivity contribution in [2.45, 2.75) is 25.7 Å². The first-order valence-electron chi connectivity index (χ1n) is 7.87. The number of anilines is 1. The van der Waals surface area contributed by atoms with Gasteiger partial charge in [0.1, 0.15) is 4.90 Å². The minimum atomic E-state index is -3.92. The molecule has 0 unspecified atom stereocenters. The molecular weight excluding hydrogens is 360 g/mol. The molecule has 0 aliphatic rings. The molecule has 0 bridgehead atoms. The molecule has 2 N–H and O–H groups in total. The molecule has 25 heavy (non-hydrogen) atoms. The molecule has 0 aliphatic heterocycles. The Kier molecular flexibility index (Phi) is 6.08. The molecule has 134 valence electrons. The monoisotopic (exact) mass is 380 g/mol. The smallest absolute Gasteiger partial charge is 0.263 e. The van der Waals surface area contributed by atoms with E-state index in [2.05, 4.69) is 10.0 Å². The molecule has 7 heteroatoms. The van der Waals surface area contributed by atoms with Crippen LogP contribution in [0.5, 0.6) is 0 Å². The van der Waals surface area contributed by atoms with E-state index in [1.807, 2.05) is 19.9 Å². The van der Waals surface area contributed by atoms with Crippen molar-refractivity contribution < 1.29 is 13.2 Å². The van der Waals surface area contributed by atoms with Crippen LogP contribution < -0.4 is 10.0 Å². The SMILES string of the molecule is Cc1ccccc1NS(=O)(=O)c1cc(C(=O)NCC(C)C)ccc1Cl. The van der Waals surface area contributed by atoms with Crippen molar-refractivity contribution in [1.82, 2.24) is 5.32 Å². The molecule has 1 amide bonds. The van der Waals surface area contributed by atoms with Crippen LogP contribution in [0.4, 0.5) is 5.69 Å². The van der Waals surface area contributed by atoms with E-state index in [0.717, 1.165) is 5.56 Å². The Morgan fingerprint density at radius 2 is 1.84 bits per heavy atom. The number of halogens is 1. The van der Waals surface area contributed by atoms with Gasteiger partial charge in [0.2, 0.25) is 0 Å². The van der Waals surface area contributed by atoms with Crippen molar-refractivity contribution in [2.75, 3.05) is 11.3 Å². The molecule has 0 aromatic heterocycles. The maximum Gasteiger partial charge on any atom is 0.263 e. The third-order valence-electron chi connectivity index (χ3n) is 3.54. The van der Waals surface area contributed by atoms with Crippen molar-refractivity contribution in [2.24, 2.45) is 5.92 Å². The van der Waals surface area contributed by atoms with Gasteiger partial charge < -0.3 is 5.32 Å². The lowest BCUT2D eigenvalue weighted by atomic mass is 10.2. The van der Waals surface area contributed by atoms with E-state index in [4.69, 9.17) is 11.6 Å². The number of nitrogens with one attached hydrogen (secondary N) is 2. The number of hydrogen-bond acceptors (Lipinski definition) is 3. The molecule has 0 saturated heterocycles. The van der Waals surface area contributed by atoms with Gasteiger partial charge in [0.25, 0.3) is 15.9 Å². The van der Waals surface area contributed by atoms with Gasteiger partial charge in [0, 0.05) is 12.1 Å². The van der Waals surface area contributed by atoms with Gasteiger partial charge in [-0.2, -0.15) is 0 Å².